The van der Waals surface area contributed by atoms with Crippen LogP contribution in [0.1, 0.15) is 31.1 Å². The maximum Gasteiger partial charge on any atom is 0.339 e. The van der Waals surface area contributed by atoms with Gasteiger partial charge in [0, 0.05) is 43.3 Å². The Bertz CT molecular complexity index is 1640. The summed E-state index contributed by atoms with van der Waals surface area (Å²) in [5.41, 5.74) is 2.04. The number of hydrogen-bond acceptors (Lipinski definition) is 6. The third-order valence-corrected chi connectivity index (χ3v) is 6.86. The van der Waals surface area contributed by atoms with Gasteiger partial charge in [-0.15, -0.1) is 0 Å². The van der Waals surface area contributed by atoms with Gasteiger partial charge in [-0.3, -0.25) is 14.4 Å². The summed E-state index contributed by atoms with van der Waals surface area (Å²) >= 11 is 0. The molecule has 0 radical (unpaired) electrons. The number of H-pyrrole nitrogens is 1. The lowest BCUT2D eigenvalue weighted by Crippen LogP contribution is -2.52. The topological polar surface area (TPSA) is 141 Å². The second-order valence-corrected chi connectivity index (χ2v) is 9.33. The van der Waals surface area contributed by atoms with Gasteiger partial charge in [-0.1, -0.05) is 42.5 Å². The molecule has 3 aromatic carbocycles. The molecular weight excluding hydrogens is 526 g/mol. The number of amides is 4. The monoisotopic (exact) mass is 553 g/mol. The lowest BCUT2D eigenvalue weighted by molar-refractivity contribution is -0.127. The number of aromatic nitrogens is 1. The van der Waals surface area contributed by atoms with Gasteiger partial charge in [0.25, 0.3) is 17.6 Å². The molecule has 0 atom stereocenters. The van der Waals surface area contributed by atoms with Crippen LogP contribution in [0.25, 0.3) is 10.9 Å². The first kappa shape index (κ1) is 27.1. The number of para-hydroxylation sites is 2. The average Bonchev–Trinajstić information content (AvgIpc) is 3.45. The van der Waals surface area contributed by atoms with E-state index in [1.54, 1.807) is 65.6 Å². The first-order valence-electron chi connectivity index (χ1n) is 12.9. The largest absolute Gasteiger partial charge is 0.465 e. The number of carbonyl (C=O) groups excluding carboxylic acids is 5. The highest BCUT2D eigenvalue weighted by atomic mass is 16.5. The number of carbonyl (C=O) groups is 5. The Morgan fingerprint density at radius 3 is 2.10 bits per heavy atom. The van der Waals surface area contributed by atoms with Crippen molar-refractivity contribution in [1.29, 1.82) is 0 Å². The van der Waals surface area contributed by atoms with Crippen molar-refractivity contribution in [2.75, 3.05) is 43.9 Å². The normalized spacial score (nSPS) is 13.0. The van der Waals surface area contributed by atoms with E-state index in [0.717, 1.165) is 0 Å². The molecule has 0 bridgehead atoms. The molecule has 0 saturated carbocycles. The van der Waals surface area contributed by atoms with Crippen LogP contribution in [0.2, 0.25) is 0 Å². The molecule has 1 aliphatic rings. The van der Waals surface area contributed by atoms with Crippen LogP contribution in [0, 0.1) is 0 Å². The van der Waals surface area contributed by atoms with Gasteiger partial charge in [0.2, 0.25) is 0 Å². The molecule has 1 fully saturated rings. The summed E-state index contributed by atoms with van der Waals surface area (Å²) in [5, 5.41) is 5.81. The summed E-state index contributed by atoms with van der Waals surface area (Å²) in [6.45, 7) is 1.13. The molecule has 3 N–H and O–H groups in total. The van der Waals surface area contributed by atoms with Gasteiger partial charge in [-0.05, 0) is 30.3 Å². The van der Waals surface area contributed by atoms with Gasteiger partial charge in [-0.2, -0.15) is 0 Å². The number of nitrogens with zero attached hydrogens (tertiary/aromatic N) is 2. The van der Waals surface area contributed by atoms with Crippen molar-refractivity contribution in [2.24, 2.45) is 0 Å². The van der Waals surface area contributed by atoms with E-state index in [2.05, 4.69) is 15.6 Å². The van der Waals surface area contributed by atoms with Gasteiger partial charge in [0.15, 0.2) is 0 Å². The molecule has 41 heavy (non-hydrogen) atoms. The molecule has 0 spiro atoms. The van der Waals surface area contributed by atoms with E-state index in [1.807, 2.05) is 6.07 Å². The Hall–Kier alpha value is -5.45. The summed E-state index contributed by atoms with van der Waals surface area (Å²) in [5.74, 6) is -2.05. The molecule has 11 nitrogen and oxygen atoms in total. The fourth-order valence-corrected chi connectivity index (χ4v) is 4.74. The number of benzene rings is 3. The number of nitrogens with one attached hydrogen (secondary N) is 3. The second-order valence-electron chi connectivity index (χ2n) is 9.33. The molecule has 208 valence electrons. The number of ether oxygens (including phenoxy) is 1. The van der Waals surface area contributed by atoms with E-state index in [4.69, 9.17) is 4.74 Å². The minimum Gasteiger partial charge on any atom is -0.465 e. The van der Waals surface area contributed by atoms with Crippen LogP contribution in [0.15, 0.2) is 79.0 Å². The number of esters is 1. The second kappa shape index (κ2) is 11.7. The predicted molar refractivity (Wildman–Crippen MR) is 152 cm³/mol. The standard InChI is InChI=1S/C30H27N5O6/c1-41-29(39)21-10-5-6-12-23(21)32-30(40)33-24-13-7-11-20-22(18-31-25(20)24)26(36)28(38)35-16-14-34(15-17-35)27(37)19-8-3-2-4-9-19/h2-13,18,31H,14-17H2,1H3,(H2,32,33,40). The van der Waals surface area contributed by atoms with Crippen LogP contribution >= 0.6 is 0 Å². The van der Waals surface area contributed by atoms with Crippen molar-refractivity contribution < 1.29 is 28.7 Å². The van der Waals surface area contributed by atoms with Crippen LogP contribution in [0.3, 0.4) is 0 Å². The number of ketones is 1. The molecule has 1 aliphatic heterocycles. The fourth-order valence-electron chi connectivity index (χ4n) is 4.74. The zero-order valence-electron chi connectivity index (χ0n) is 22.2. The molecule has 0 unspecified atom stereocenters. The average molecular weight is 554 g/mol. The molecule has 11 heteroatoms. The highest BCUT2D eigenvalue weighted by molar-refractivity contribution is 6.45. The summed E-state index contributed by atoms with van der Waals surface area (Å²) in [6, 6.07) is 19.7. The SMILES string of the molecule is COC(=O)c1ccccc1NC(=O)Nc1cccc2c(C(=O)C(=O)N3CCN(C(=O)c4ccccc4)CC3)c[nH]c12. The van der Waals surface area contributed by atoms with Gasteiger partial charge in [-0.25, -0.2) is 9.59 Å². The van der Waals surface area contributed by atoms with Crippen molar-refractivity contribution in [2.45, 2.75) is 0 Å². The minimum atomic E-state index is -0.687. The number of anilines is 2. The Morgan fingerprint density at radius 2 is 1.37 bits per heavy atom. The number of rotatable bonds is 6. The first-order valence-corrected chi connectivity index (χ1v) is 12.9. The lowest BCUT2D eigenvalue weighted by Gasteiger charge is -2.34. The molecule has 1 saturated heterocycles. The number of hydrogen-bond donors (Lipinski definition) is 3. The van der Waals surface area contributed by atoms with Crippen LogP contribution in [-0.2, 0) is 9.53 Å². The Morgan fingerprint density at radius 1 is 0.732 bits per heavy atom. The third kappa shape index (κ3) is 5.64. The van der Waals surface area contributed by atoms with E-state index in [-0.39, 0.29) is 35.8 Å². The lowest BCUT2D eigenvalue weighted by atomic mass is 10.1. The number of piperazine rings is 1. The van der Waals surface area contributed by atoms with Gasteiger partial charge >= 0.3 is 12.0 Å². The summed E-state index contributed by atoms with van der Waals surface area (Å²) in [6.07, 6.45) is 1.44. The van der Waals surface area contributed by atoms with E-state index in [9.17, 15) is 24.0 Å². The number of urea groups is 1. The fraction of sp³-hybridized carbons (Fsp3) is 0.167. The Labute approximate surface area is 235 Å². The summed E-state index contributed by atoms with van der Waals surface area (Å²) < 4.78 is 4.76. The molecule has 0 aliphatic carbocycles. The van der Waals surface area contributed by atoms with Crippen LogP contribution in [-0.4, -0.2) is 77.7 Å². The zero-order valence-corrected chi connectivity index (χ0v) is 22.2. The molecule has 2 heterocycles. The molecule has 4 aromatic rings. The van der Waals surface area contributed by atoms with Crippen molar-refractivity contribution in [3.8, 4) is 0 Å². The van der Waals surface area contributed by atoms with Crippen molar-refractivity contribution in [1.82, 2.24) is 14.8 Å². The number of methoxy groups -OCH3 is 1. The van der Waals surface area contributed by atoms with E-state index >= 15 is 0 Å². The van der Waals surface area contributed by atoms with E-state index < -0.39 is 23.7 Å². The number of fused-ring (bicyclic) bond motifs is 1. The van der Waals surface area contributed by atoms with Crippen LogP contribution < -0.4 is 10.6 Å². The highest BCUT2D eigenvalue weighted by Crippen LogP contribution is 2.27. The highest BCUT2D eigenvalue weighted by Gasteiger charge is 2.30. The third-order valence-electron chi connectivity index (χ3n) is 6.86. The van der Waals surface area contributed by atoms with Crippen molar-refractivity contribution in [3.63, 3.8) is 0 Å². The van der Waals surface area contributed by atoms with Crippen molar-refractivity contribution >= 4 is 51.9 Å². The summed E-state index contributed by atoms with van der Waals surface area (Å²) in [4.78, 5) is 69.9. The number of Topliss-reactive ketones (excluding diaryl/α,β-unsaturated/α-hetero) is 1. The summed E-state index contributed by atoms with van der Waals surface area (Å²) in [7, 11) is 1.25. The Kier molecular flexibility index (Phi) is 7.77. The van der Waals surface area contributed by atoms with Gasteiger partial charge in [0.05, 0.1) is 35.1 Å². The van der Waals surface area contributed by atoms with Crippen LogP contribution in [0.5, 0.6) is 0 Å². The smallest absolute Gasteiger partial charge is 0.339 e. The molecular formula is C30H27N5O6. The molecule has 5 rings (SSSR count). The maximum absolute atomic E-state index is 13.2. The van der Waals surface area contributed by atoms with E-state index in [0.29, 0.717) is 35.2 Å². The minimum absolute atomic E-state index is 0.112. The Balaban J connectivity index is 1.26. The van der Waals surface area contributed by atoms with E-state index in [1.165, 1.54) is 24.3 Å². The molecule has 1 aromatic heterocycles. The predicted octanol–water partition coefficient (Wildman–Crippen LogP) is 3.77. The zero-order chi connectivity index (χ0) is 28.9. The first-order chi connectivity index (χ1) is 19.9. The van der Waals surface area contributed by atoms with Gasteiger partial charge in [0.1, 0.15) is 0 Å². The van der Waals surface area contributed by atoms with Gasteiger partial charge < -0.3 is 30.2 Å². The quantitative estimate of drug-likeness (QED) is 0.189. The maximum atomic E-state index is 13.2. The number of aromatic amines is 1. The van der Waals surface area contributed by atoms with Crippen molar-refractivity contribution in [3.05, 3.63) is 95.7 Å². The van der Waals surface area contributed by atoms with Crippen LogP contribution in [0.4, 0.5) is 16.2 Å². The molecule has 4 amide bonds.